The molecule has 1 aliphatic carbocycles. The maximum Gasteiger partial charge on any atom is 0.257 e. The molecule has 57 heavy (non-hydrogen) atoms. The van der Waals surface area contributed by atoms with Gasteiger partial charge in [-0.3, -0.25) is 19.6 Å². The van der Waals surface area contributed by atoms with Gasteiger partial charge >= 0.3 is 0 Å². The number of carbonyl (C=O) groups is 2. The van der Waals surface area contributed by atoms with Crippen molar-refractivity contribution in [2.45, 2.75) is 50.3 Å². The van der Waals surface area contributed by atoms with E-state index < -0.39 is 17.5 Å². The number of likely N-dealkylation sites (tertiary alicyclic amines) is 1. The van der Waals surface area contributed by atoms with Crippen LogP contribution in [0.2, 0.25) is 0 Å². The number of aryl methyl sites for hydroxylation is 1. The lowest BCUT2D eigenvalue weighted by molar-refractivity contribution is -0.138. The van der Waals surface area contributed by atoms with E-state index in [0.717, 1.165) is 42.0 Å². The van der Waals surface area contributed by atoms with Gasteiger partial charge in [-0.2, -0.15) is 5.10 Å². The average Bonchev–Trinajstić information content (AvgIpc) is 4.03. The average molecular weight is 786 g/mol. The molecule has 4 aliphatic rings. The molecule has 6 heterocycles. The number of nitrogens with zero attached hydrogens (tertiary/aromatic N) is 8. The third kappa shape index (κ3) is 7.66. The van der Waals surface area contributed by atoms with Crippen LogP contribution in [0, 0.1) is 5.82 Å². The number of hydrogen-bond acceptors (Lipinski definition) is 9. The predicted octanol–water partition coefficient (Wildman–Crippen LogP) is 6.10. The monoisotopic (exact) mass is 785 g/mol. The smallest absolute Gasteiger partial charge is 0.257 e. The van der Waals surface area contributed by atoms with Gasteiger partial charge in [0.05, 0.1) is 34.9 Å². The number of imidazole rings is 1. The second-order valence-corrected chi connectivity index (χ2v) is 16.0. The molecule has 292 valence electrons. The van der Waals surface area contributed by atoms with Gasteiger partial charge in [-0.25, -0.2) is 14.4 Å². The van der Waals surface area contributed by atoms with E-state index in [1.165, 1.54) is 22.1 Å². The van der Waals surface area contributed by atoms with E-state index in [4.69, 9.17) is 5.10 Å². The molecule has 0 spiro atoms. The topological polar surface area (TPSA) is 125 Å². The van der Waals surface area contributed by atoms with Crippen molar-refractivity contribution >= 4 is 44.9 Å². The maximum absolute atomic E-state index is 15.8. The lowest BCUT2D eigenvalue weighted by Gasteiger charge is -2.41. The fourth-order valence-corrected chi connectivity index (χ4v) is 8.89. The van der Waals surface area contributed by atoms with E-state index >= 15 is 4.39 Å². The van der Waals surface area contributed by atoms with Gasteiger partial charge in [-0.05, 0) is 73.2 Å². The second-order valence-electron chi connectivity index (χ2n) is 15.1. The number of carbonyl (C=O) groups excluding carboxylic acids is 2. The Kier molecular flexibility index (Phi) is 10.1. The summed E-state index contributed by atoms with van der Waals surface area (Å²) in [5.41, 5.74) is 4.68. The van der Waals surface area contributed by atoms with E-state index in [-0.39, 0.29) is 18.2 Å². The number of rotatable bonds is 9. The number of amides is 2. The van der Waals surface area contributed by atoms with Gasteiger partial charge in [-0.15, -0.1) is 11.3 Å². The first-order valence-electron chi connectivity index (χ1n) is 19.6. The standard InChI is InChI=1S/C43H44FN9O3S/c44-35-25-31(26-36-34(35)28-53(48-36)40(41(55)47-42-45-16-24-57-42)39-37-9-6-17-52(37)29-46-39)30-10-12-33(13-11-30)50-20-22-51(23-21-50)38(54)27-43(56)14-18-49(19-15-43)32-7-4-2-1-3-5-8-32/h1-5,7-8,10-13,16,24-26,28-29,40,56H,6,9,14-15,17-23,27H2,(H,45,47,55)/b2-1-,3-1?,4-2?,5-3-,7-4-,8-5?,32-7?,32-8+. The molecule has 14 heteroatoms. The van der Waals surface area contributed by atoms with Gasteiger partial charge in [0, 0.05) is 80.7 Å². The van der Waals surface area contributed by atoms with Crippen molar-refractivity contribution in [2.24, 2.45) is 0 Å². The van der Waals surface area contributed by atoms with E-state index in [1.54, 1.807) is 24.1 Å². The van der Waals surface area contributed by atoms with Gasteiger partial charge in [0.25, 0.3) is 5.91 Å². The van der Waals surface area contributed by atoms with Crippen LogP contribution in [-0.2, 0) is 22.6 Å². The molecule has 1 unspecified atom stereocenters. The minimum Gasteiger partial charge on any atom is -0.389 e. The Hall–Kier alpha value is -5.86. The Morgan fingerprint density at radius 3 is 2.49 bits per heavy atom. The van der Waals surface area contributed by atoms with Crippen molar-refractivity contribution < 1.29 is 19.1 Å². The summed E-state index contributed by atoms with van der Waals surface area (Å²) < 4.78 is 19.4. The molecule has 2 amide bonds. The molecule has 2 N–H and O–H groups in total. The summed E-state index contributed by atoms with van der Waals surface area (Å²) in [4.78, 5) is 42.3. The highest BCUT2D eigenvalue weighted by Gasteiger charge is 2.37. The fraction of sp³-hybridized carbons (Fsp3) is 0.326. The number of thiazole rings is 1. The molecule has 12 nitrogen and oxygen atoms in total. The molecule has 1 atom stereocenters. The normalized spacial score (nSPS) is 20.9. The summed E-state index contributed by atoms with van der Waals surface area (Å²) in [5, 5.41) is 21.6. The lowest BCUT2D eigenvalue weighted by Crippen LogP contribution is -2.52. The summed E-state index contributed by atoms with van der Waals surface area (Å²) in [7, 11) is 0. The highest BCUT2D eigenvalue weighted by atomic mass is 32.1. The second kappa shape index (κ2) is 15.6. The van der Waals surface area contributed by atoms with E-state index in [0.29, 0.717) is 79.4 Å². The van der Waals surface area contributed by atoms with E-state index in [1.807, 2.05) is 65.6 Å². The Labute approximate surface area is 333 Å². The number of piperazine rings is 1. The van der Waals surface area contributed by atoms with Crippen LogP contribution in [-0.4, -0.2) is 95.9 Å². The van der Waals surface area contributed by atoms with Gasteiger partial charge in [0.1, 0.15) is 5.82 Å². The first-order chi connectivity index (χ1) is 27.8. The first-order valence-corrected chi connectivity index (χ1v) is 20.4. The zero-order valence-electron chi connectivity index (χ0n) is 31.5. The van der Waals surface area contributed by atoms with Crippen molar-refractivity contribution in [3.05, 3.63) is 126 Å². The number of piperidine rings is 1. The van der Waals surface area contributed by atoms with Gasteiger partial charge < -0.3 is 24.4 Å². The van der Waals surface area contributed by atoms with Crippen LogP contribution in [0.3, 0.4) is 0 Å². The third-order valence-electron chi connectivity index (χ3n) is 11.5. The van der Waals surface area contributed by atoms with Crippen LogP contribution >= 0.6 is 11.3 Å². The van der Waals surface area contributed by atoms with Crippen molar-refractivity contribution in [3.8, 4) is 11.1 Å². The van der Waals surface area contributed by atoms with Gasteiger partial charge in [0.2, 0.25) is 5.91 Å². The minimum atomic E-state index is -0.999. The molecule has 3 aliphatic heterocycles. The van der Waals surface area contributed by atoms with Crippen LogP contribution < -0.4 is 10.2 Å². The molecule has 0 bridgehead atoms. The summed E-state index contributed by atoms with van der Waals surface area (Å²) in [6.45, 7) is 4.75. The Morgan fingerprint density at radius 2 is 1.70 bits per heavy atom. The molecule has 2 aromatic carbocycles. The van der Waals surface area contributed by atoms with Crippen molar-refractivity contribution in [3.63, 3.8) is 0 Å². The lowest BCUT2D eigenvalue weighted by atomic mass is 9.87. The number of halogens is 1. The number of hydrogen-bond donors (Lipinski definition) is 2. The molecule has 2 fully saturated rings. The molecule has 0 radical (unpaired) electrons. The Balaban J connectivity index is 0.843. The quantitative estimate of drug-likeness (QED) is 0.184. The number of nitrogens with one attached hydrogen (secondary N) is 1. The number of benzene rings is 2. The molecule has 0 saturated carbocycles. The molecule has 2 saturated heterocycles. The van der Waals surface area contributed by atoms with E-state index in [9.17, 15) is 14.7 Å². The molecule has 3 aromatic heterocycles. The zero-order valence-corrected chi connectivity index (χ0v) is 32.3. The number of aliphatic hydroxyl groups is 1. The maximum atomic E-state index is 15.8. The Bertz CT molecular complexity index is 2400. The van der Waals surface area contributed by atoms with Crippen LogP contribution in [0.25, 0.3) is 22.0 Å². The SMILES string of the molecule is O=C(Nc1nccs1)C(c1ncn2c1CCC2)n1cc2c(F)cc(-c3ccc(N4CCN(C(=O)CC5(O)CCN(C6=C/C=C\C=C/C=C\6)CC5)CC4)cc3)cc2n1. The molecular weight excluding hydrogens is 742 g/mol. The van der Waals surface area contributed by atoms with Crippen LogP contribution in [0.5, 0.6) is 0 Å². The number of aromatic nitrogens is 5. The van der Waals surface area contributed by atoms with E-state index in [2.05, 4.69) is 41.8 Å². The van der Waals surface area contributed by atoms with Crippen molar-refractivity contribution in [1.29, 1.82) is 0 Å². The highest BCUT2D eigenvalue weighted by Crippen LogP contribution is 2.33. The van der Waals surface area contributed by atoms with Gasteiger partial charge in [0.15, 0.2) is 11.2 Å². The number of allylic oxidation sites excluding steroid dienone is 7. The third-order valence-corrected chi connectivity index (χ3v) is 12.2. The zero-order chi connectivity index (χ0) is 38.9. The summed E-state index contributed by atoms with van der Waals surface area (Å²) in [5.74, 6) is -0.768. The van der Waals surface area contributed by atoms with Crippen LogP contribution in [0.15, 0.2) is 109 Å². The molecule has 9 rings (SSSR count). The summed E-state index contributed by atoms with van der Waals surface area (Å²) in [6.07, 6.45) is 22.2. The Morgan fingerprint density at radius 1 is 0.912 bits per heavy atom. The molecule has 5 aromatic rings. The van der Waals surface area contributed by atoms with Crippen molar-refractivity contribution in [2.75, 3.05) is 49.5 Å². The van der Waals surface area contributed by atoms with Crippen LogP contribution in [0.4, 0.5) is 15.2 Å². The van der Waals surface area contributed by atoms with Crippen LogP contribution in [0.1, 0.15) is 43.1 Å². The van der Waals surface area contributed by atoms with Gasteiger partial charge in [-0.1, -0.05) is 42.5 Å². The fourth-order valence-electron chi connectivity index (χ4n) is 8.36. The summed E-state index contributed by atoms with van der Waals surface area (Å²) in [6, 6.07) is 10.4. The number of anilines is 2. The minimum absolute atomic E-state index is 0.000704. The summed E-state index contributed by atoms with van der Waals surface area (Å²) >= 11 is 1.32. The highest BCUT2D eigenvalue weighted by molar-refractivity contribution is 7.13. The molecular formula is C43H44FN9O3S. The number of fused-ring (bicyclic) bond motifs is 2. The first kappa shape index (κ1) is 36.8. The predicted molar refractivity (Wildman–Crippen MR) is 219 cm³/mol. The van der Waals surface area contributed by atoms with Crippen molar-refractivity contribution in [1.82, 2.24) is 34.1 Å². The largest absolute Gasteiger partial charge is 0.389 e.